The Morgan fingerprint density at radius 3 is 1.78 bits per heavy atom. The normalized spacial score (nSPS) is 12.7. The van der Waals surface area contributed by atoms with Crippen LogP contribution in [0.1, 0.15) is 0 Å². The first-order chi connectivity index (χ1) is 24.8. The van der Waals surface area contributed by atoms with E-state index in [4.69, 9.17) is 0 Å². The van der Waals surface area contributed by atoms with Gasteiger partial charge in [0, 0.05) is 48.0 Å². The Kier molecular flexibility index (Phi) is 6.03. The van der Waals surface area contributed by atoms with E-state index < -0.39 is 0 Å². The van der Waals surface area contributed by atoms with Crippen LogP contribution in [0.2, 0.25) is 0 Å². The minimum absolute atomic E-state index is 1.13. The van der Waals surface area contributed by atoms with Crippen LogP contribution in [0, 0.1) is 0 Å². The van der Waals surface area contributed by atoms with Crippen LogP contribution in [0.5, 0.6) is 0 Å². The molecule has 8 aromatic carbocycles. The topological polar surface area (TPSA) is 6.48 Å². The molecule has 0 amide bonds. The van der Waals surface area contributed by atoms with Gasteiger partial charge in [0.1, 0.15) is 0 Å². The average Bonchev–Trinajstić information content (AvgIpc) is 3.75. The van der Waals surface area contributed by atoms with Crippen LogP contribution in [0.15, 0.2) is 170 Å². The van der Waals surface area contributed by atoms with E-state index >= 15 is 0 Å². The van der Waals surface area contributed by atoms with E-state index in [2.05, 4.69) is 180 Å². The first kappa shape index (κ1) is 28.0. The molecule has 4 heteroatoms. The van der Waals surface area contributed by atoms with Crippen molar-refractivity contribution in [2.24, 2.45) is 0 Å². The Morgan fingerprint density at radius 2 is 0.960 bits per heavy atom. The lowest BCUT2D eigenvalue weighted by Crippen LogP contribution is -2.14. The summed E-state index contributed by atoms with van der Waals surface area (Å²) in [5.41, 5.74) is 9.36. The molecule has 0 spiro atoms. The molecule has 0 saturated carbocycles. The van der Waals surface area contributed by atoms with Crippen molar-refractivity contribution in [1.82, 2.24) is 0 Å². The molecule has 0 atom stereocenters. The van der Waals surface area contributed by atoms with Gasteiger partial charge in [0.25, 0.3) is 0 Å². The maximum absolute atomic E-state index is 2.53. The molecule has 11 rings (SSSR count). The third-order valence-electron chi connectivity index (χ3n) is 10.1. The summed E-state index contributed by atoms with van der Waals surface area (Å²) >= 11 is 3.77. The molecular formula is C46H28N2S2. The highest BCUT2D eigenvalue weighted by Gasteiger charge is 2.27. The van der Waals surface area contributed by atoms with Crippen molar-refractivity contribution in [2.45, 2.75) is 0 Å². The largest absolute Gasteiger partial charge is 0.309 e. The van der Waals surface area contributed by atoms with Gasteiger partial charge in [-0.05, 0) is 82.6 Å². The minimum Gasteiger partial charge on any atom is -0.309 e. The molecule has 2 nitrogen and oxygen atoms in total. The summed E-state index contributed by atoms with van der Waals surface area (Å²) in [7, 11) is 0. The van der Waals surface area contributed by atoms with Gasteiger partial charge in [-0.3, -0.25) is 0 Å². The zero-order chi connectivity index (χ0) is 32.8. The monoisotopic (exact) mass is 672 g/mol. The van der Waals surface area contributed by atoms with Crippen LogP contribution in [0.25, 0.3) is 62.2 Å². The quantitative estimate of drug-likeness (QED) is 0.184. The molecule has 3 heterocycles. The van der Waals surface area contributed by atoms with Crippen molar-refractivity contribution in [3.8, 4) is 11.1 Å². The maximum Gasteiger partial charge on any atom is 0.0640 e. The first-order valence-electron chi connectivity index (χ1n) is 16.9. The Bertz CT molecular complexity index is 2950. The second kappa shape index (κ2) is 10.8. The van der Waals surface area contributed by atoms with Crippen molar-refractivity contribution >= 4 is 108 Å². The predicted octanol–water partition coefficient (Wildman–Crippen LogP) is 14.5. The summed E-state index contributed by atoms with van der Waals surface area (Å²) in [6.07, 6.45) is 0. The van der Waals surface area contributed by atoms with E-state index in [1.165, 1.54) is 79.3 Å². The van der Waals surface area contributed by atoms with E-state index in [1.54, 1.807) is 0 Å². The molecule has 1 aliphatic rings. The van der Waals surface area contributed by atoms with Crippen molar-refractivity contribution in [2.75, 3.05) is 9.80 Å². The lowest BCUT2D eigenvalue weighted by molar-refractivity contribution is 1.27. The summed E-state index contributed by atoms with van der Waals surface area (Å²) in [6.45, 7) is 0. The van der Waals surface area contributed by atoms with E-state index in [-0.39, 0.29) is 0 Å². The lowest BCUT2D eigenvalue weighted by atomic mass is 10.0. The number of nitrogens with zero attached hydrogens (tertiary/aromatic N) is 2. The molecule has 4 bridgehead atoms. The third kappa shape index (κ3) is 4.13. The Hall–Kier alpha value is -5.94. The molecule has 234 valence electrons. The molecule has 0 unspecified atom stereocenters. The summed E-state index contributed by atoms with van der Waals surface area (Å²) in [4.78, 5) is 5.00. The zero-order valence-electron chi connectivity index (χ0n) is 26.9. The third-order valence-corrected chi connectivity index (χ3v) is 12.5. The van der Waals surface area contributed by atoms with Crippen LogP contribution in [0.4, 0.5) is 34.1 Å². The van der Waals surface area contributed by atoms with Gasteiger partial charge in [0.05, 0.1) is 26.5 Å². The molecule has 0 saturated heterocycles. The lowest BCUT2D eigenvalue weighted by Gasteiger charge is -2.31. The van der Waals surface area contributed by atoms with Gasteiger partial charge in [-0.25, -0.2) is 0 Å². The predicted molar refractivity (Wildman–Crippen MR) is 218 cm³/mol. The van der Waals surface area contributed by atoms with Gasteiger partial charge < -0.3 is 9.80 Å². The summed E-state index contributed by atoms with van der Waals surface area (Å²) in [5, 5.41) is 7.62. The zero-order valence-corrected chi connectivity index (χ0v) is 28.5. The van der Waals surface area contributed by atoms with Crippen LogP contribution < -0.4 is 9.80 Å². The molecule has 2 aromatic heterocycles. The molecule has 0 N–H and O–H groups in total. The number of anilines is 6. The van der Waals surface area contributed by atoms with Crippen molar-refractivity contribution < 1.29 is 0 Å². The highest BCUT2D eigenvalue weighted by molar-refractivity contribution is 7.27. The van der Waals surface area contributed by atoms with Gasteiger partial charge in [-0.2, -0.15) is 0 Å². The molecule has 0 fully saturated rings. The number of benzene rings is 8. The van der Waals surface area contributed by atoms with Crippen LogP contribution in [0.3, 0.4) is 0 Å². The molecule has 50 heavy (non-hydrogen) atoms. The number of fused-ring (bicyclic) bond motifs is 7. The highest BCUT2D eigenvalue weighted by Crippen LogP contribution is 2.53. The summed E-state index contributed by atoms with van der Waals surface area (Å²) in [6, 6.07) is 62.7. The Balaban J connectivity index is 1.31. The van der Waals surface area contributed by atoms with Crippen LogP contribution in [-0.2, 0) is 0 Å². The summed E-state index contributed by atoms with van der Waals surface area (Å²) < 4.78 is 5.18. The second-order valence-electron chi connectivity index (χ2n) is 13.0. The smallest absolute Gasteiger partial charge is 0.0640 e. The Labute approximate surface area is 297 Å². The van der Waals surface area contributed by atoms with E-state index in [1.807, 2.05) is 22.7 Å². The number of rotatable bonds is 3. The van der Waals surface area contributed by atoms with Gasteiger partial charge in [-0.15, -0.1) is 22.7 Å². The number of hydrogen-bond donors (Lipinski definition) is 0. The fourth-order valence-electron chi connectivity index (χ4n) is 7.89. The van der Waals surface area contributed by atoms with Gasteiger partial charge in [0.2, 0.25) is 0 Å². The van der Waals surface area contributed by atoms with Crippen LogP contribution in [-0.4, -0.2) is 0 Å². The fraction of sp³-hybridized carbons (Fsp3) is 0. The van der Waals surface area contributed by atoms with Gasteiger partial charge in [0.15, 0.2) is 0 Å². The molecule has 0 radical (unpaired) electrons. The standard InChI is InChI=1S/C46H28N2S2/c1-2-11-29(12-3-1)32-26-34-28-35(27-32)48(39-18-10-22-43-44(39)38-15-6-7-21-42(38)49-43)41-20-9-17-37-36-16-8-19-40(45(36)50-46(37)41)47(34)33-24-23-30-13-4-5-14-31(30)25-33/h1-28H. The van der Waals surface area contributed by atoms with E-state index in [0.717, 1.165) is 17.1 Å². The van der Waals surface area contributed by atoms with Crippen molar-refractivity contribution in [3.63, 3.8) is 0 Å². The SMILES string of the molecule is c1ccc(-c2cc3cc(c2)N(c2cccc4sc5ccccc5c24)c2cccc4c2sc2c(cccc24)N3c2ccc3ccccc3c2)cc1. The van der Waals surface area contributed by atoms with Gasteiger partial charge in [-0.1, -0.05) is 109 Å². The Morgan fingerprint density at radius 1 is 0.340 bits per heavy atom. The molecule has 1 aliphatic heterocycles. The molecular weight excluding hydrogens is 645 g/mol. The van der Waals surface area contributed by atoms with E-state index in [9.17, 15) is 0 Å². The van der Waals surface area contributed by atoms with Gasteiger partial charge >= 0.3 is 0 Å². The van der Waals surface area contributed by atoms with Crippen molar-refractivity contribution in [1.29, 1.82) is 0 Å². The first-order valence-corrected chi connectivity index (χ1v) is 18.6. The molecule has 10 aromatic rings. The van der Waals surface area contributed by atoms with Crippen molar-refractivity contribution in [3.05, 3.63) is 170 Å². The molecule has 0 aliphatic carbocycles. The minimum atomic E-state index is 1.13. The number of hydrogen-bond acceptors (Lipinski definition) is 4. The van der Waals surface area contributed by atoms with E-state index in [0.29, 0.717) is 0 Å². The highest BCUT2D eigenvalue weighted by atomic mass is 32.1. The number of thiophene rings is 2. The second-order valence-corrected chi connectivity index (χ2v) is 15.1. The average molecular weight is 673 g/mol. The van der Waals surface area contributed by atoms with Crippen LogP contribution >= 0.6 is 22.7 Å². The summed E-state index contributed by atoms with van der Waals surface area (Å²) in [5.74, 6) is 0. The fourth-order valence-corrected chi connectivity index (χ4v) is 10.3. The maximum atomic E-state index is 2.53.